The predicted molar refractivity (Wildman–Crippen MR) is 77.7 cm³/mol. The summed E-state index contributed by atoms with van der Waals surface area (Å²) in [5.74, 6) is -0.575. The van der Waals surface area contributed by atoms with Gasteiger partial charge in [0, 0.05) is 16.5 Å². The number of halogens is 1. The van der Waals surface area contributed by atoms with E-state index < -0.39 is 5.91 Å². The highest BCUT2D eigenvalue weighted by atomic mass is 35.5. The number of nitrogens with two attached hydrogens (primary N) is 1. The van der Waals surface area contributed by atoms with Crippen LogP contribution in [0.4, 0.5) is 11.1 Å². The number of aryl methyl sites for hydroxylation is 1. The van der Waals surface area contributed by atoms with Crippen LogP contribution in [-0.4, -0.2) is 15.9 Å². The zero-order chi connectivity index (χ0) is 14.3. The summed E-state index contributed by atoms with van der Waals surface area (Å²) in [6.45, 7) is 1.89. The van der Waals surface area contributed by atoms with Crippen molar-refractivity contribution in [2.45, 2.75) is 6.92 Å². The summed E-state index contributed by atoms with van der Waals surface area (Å²) in [6.07, 6.45) is 0. The number of thiazole rings is 1. The highest BCUT2D eigenvalue weighted by Crippen LogP contribution is 2.27. The van der Waals surface area contributed by atoms with Crippen molar-refractivity contribution in [2.75, 3.05) is 5.32 Å². The molecule has 2 aromatic heterocycles. The second-order valence-corrected chi connectivity index (χ2v) is 5.38. The molecule has 0 spiro atoms. The van der Waals surface area contributed by atoms with Crippen LogP contribution in [0.3, 0.4) is 0 Å². The zero-order valence-corrected chi connectivity index (χ0v) is 11.9. The lowest BCUT2D eigenvalue weighted by Crippen LogP contribution is -2.11. The van der Waals surface area contributed by atoms with Gasteiger partial charge in [0.25, 0.3) is 5.91 Å². The van der Waals surface area contributed by atoms with Crippen molar-refractivity contribution in [1.82, 2.24) is 9.97 Å². The van der Waals surface area contributed by atoms with Crippen molar-refractivity contribution >= 4 is 51.1 Å². The van der Waals surface area contributed by atoms with Gasteiger partial charge < -0.3 is 10.2 Å². The van der Waals surface area contributed by atoms with Gasteiger partial charge >= 0.3 is 6.01 Å². The van der Waals surface area contributed by atoms with Crippen LogP contribution in [0.25, 0.3) is 11.1 Å². The molecule has 2 heterocycles. The molecule has 0 aliphatic carbocycles. The van der Waals surface area contributed by atoms with Crippen LogP contribution >= 0.6 is 22.9 Å². The second kappa shape index (κ2) is 4.77. The number of amides is 1. The van der Waals surface area contributed by atoms with Gasteiger partial charge in [0.05, 0.1) is 0 Å². The second-order valence-electron chi connectivity index (χ2n) is 4.12. The first kappa shape index (κ1) is 12.9. The minimum atomic E-state index is -0.575. The molecule has 3 aromatic rings. The summed E-state index contributed by atoms with van der Waals surface area (Å²) in [6, 6.07) is 3.83. The number of primary amides is 1. The molecule has 0 aliphatic heterocycles. The molecule has 0 fully saturated rings. The summed E-state index contributed by atoms with van der Waals surface area (Å²) >= 11 is 7.27. The number of carbonyl (C=O) groups excluding carboxylic acids is 1. The molecule has 3 rings (SSSR count). The number of benzene rings is 1. The number of aromatic nitrogens is 2. The number of nitrogens with zero attached hydrogens (tertiary/aromatic N) is 2. The fourth-order valence-electron chi connectivity index (χ4n) is 1.64. The normalized spacial score (nSPS) is 10.9. The van der Waals surface area contributed by atoms with Crippen LogP contribution in [0.15, 0.2) is 21.9 Å². The average Bonchev–Trinajstić information content (AvgIpc) is 2.97. The van der Waals surface area contributed by atoms with Crippen LogP contribution in [0.2, 0.25) is 5.02 Å². The maximum atomic E-state index is 11.0. The Morgan fingerprint density at radius 2 is 2.25 bits per heavy atom. The molecule has 0 radical (unpaired) electrons. The molecule has 1 aromatic carbocycles. The number of hydrogen-bond acceptors (Lipinski definition) is 6. The van der Waals surface area contributed by atoms with Crippen LogP contribution in [-0.2, 0) is 0 Å². The van der Waals surface area contributed by atoms with Gasteiger partial charge in [-0.15, -0.1) is 11.3 Å². The van der Waals surface area contributed by atoms with Crippen LogP contribution in [0.1, 0.15) is 16.1 Å². The Kier molecular flexibility index (Phi) is 3.07. The van der Waals surface area contributed by atoms with Crippen LogP contribution in [0, 0.1) is 6.92 Å². The standard InChI is InChI=1S/C12H9ClN4O2S/c1-5-2-7-9(3-6(5)13)19-11(15-7)17-12-16-8(4-20-12)10(14)18/h2-4H,1H3,(H2,14,18)(H,15,16,17). The maximum absolute atomic E-state index is 11.0. The number of carbonyl (C=O) groups is 1. The Balaban J connectivity index is 1.92. The maximum Gasteiger partial charge on any atom is 0.302 e. The smallest absolute Gasteiger partial charge is 0.302 e. The molecular weight excluding hydrogens is 300 g/mol. The molecule has 0 unspecified atom stereocenters. The third kappa shape index (κ3) is 2.33. The lowest BCUT2D eigenvalue weighted by atomic mass is 10.2. The van der Waals surface area contributed by atoms with E-state index in [-0.39, 0.29) is 11.7 Å². The van der Waals surface area contributed by atoms with Crippen molar-refractivity contribution in [2.24, 2.45) is 5.73 Å². The molecule has 6 nitrogen and oxygen atoms in total. The van der Waals surface area contributed by atoms with E-state index in [1.807, 2.05) is 13.0 Å². The van der Waals surface area contributed by atoms with Gasteiger partial charge in [0.2, 0.25) is 0 Å². The average molecular weight is 309 g/mol. The SMILES string of the molecule is Cc1cc2nc(Nc3nc(C(N)=O)cs3)oc2cc1Cl. The van der Waals surface area contributed by atoms with E-state index in [0.29, 0.717) is 21.3 Å². The van der Waals surface area contributed by atoms with Gasteiger partial charge in [-0.1, -0.05) is 11.6 Å². The van der Waals surface area contributed by atoms with Crippen LogP contribution in [0.5, 0.6) is 0 Å². The summed E-state index contributed by atoms with van der Waals surface area (Å²) in [5, 5.41) is 5.55. The van der Waals surface area contributed by atoms with Crippen molar-refractivity contribution in [3.8, 4) is 0 Å². The molecule has 20 heavy (non-hydrogen) atoms. The van der Waals surface area contributed by atoms with Gasteiger partial charge in [-0.25, -0.2) is 4.98 Å². The molecule has 8 heteroatoms. The summed E-state index contributed by atoms with van der Waals surface area (Å²) in [7, 11) is 0. The zero-order valence-electron chi connectivity index (χ0n) is 10.3. The van der Waals surface area contributed by atoms with Gasteiger partial charge in [-0.2, -0.15) is 4.98 Å². The van der Waals surface area contributed by atoms with E-state index in [4.69, 9.17) is 21.8 Å². The first-order chi connectivity index (χ1) is 9.52. The number of oxazole rings is 1. The lowest BCUT2D eigenvalue weighted by molar-refractivity contribution is 0.0996. The fourth-order valence-corrected chi connectivity index (χ4v) is 2.49. The first-order valence-electron chi connectivity index (χ1n) is 5.62. The summed E-state index contributed by atoms with van der Waals surface area (Å²) in [5.41, 5.74) is 7.53. The molecule has 3 N–H and O–H groups in total. The molecule has 0 saturated heterocycles. The van der Waals surface area contributed by atoms with Crippen molar-refractivity contribution in [3.63, 3.8) is 0 Å². The molecular formula is C12H9ClN4O2S. The molecule has 1 amide bonds. The summed E-state index contributed by atoms with van der Waals surface area (Å²) in [4.78, 5) is 19.3. The molecule has 0 atom stereocenters. The third-order valence-corrected chi connectivity index (χ3v) is 3.80. The minimum absolute atomic E-state index is 0.201. The molecule has 0 saturated carbocycles. The Morgan fingerprint density at radius 1 is 1.45 bits per heavy atom. The molecule has 102 valence electrons. The lowest BCUT2D eigenvalue weighted by Gasteiger charge is -1.94. The Hall–Kier alpha value is -2.12. The fraction of sp³-hybridized carbons (Fsp3) is 0.0833. The van der Waals surface area contributed by atoms with Gasteiger partial charge in [0.15, 0.2) is 10.7 Å². The summed E-state index contributed by atoms with van der Waals surface area (Å²) < 4.78 is 5.52. The van der Waals surface area contributed by atoms with Crippen molar-refractivity contribution in [1.29, 1.82) is 0 Å². The highest BCUT2D eigenvalue weighted by Gasteiger charge is 2.11. The van der Waals surface area contributed by atoms with Crippen molar-refractivity contribution in [3.05, 3.63) is 33.8 Å². The van der Waals surface area contributed by atoms with Gasteiger partial charge in [-0.05, 0) is 18.6 Å². The Bertz CT molecular complexity index is 772. The third-order valence-electron chi connectivity index (χ3n) is 2.64. The number of rotatable bonds is 3. The number of hydrogen-bond donors (Lipinski definition) is 2. The Labute approximate surface area is 122 Å². The van der Waals surface area contributed by atoms with E-state index in [2.05, 4.69) is 15.3 Å². The van der Waals surface area contributed by atoms with E-state index >= 15 is 0 Å². The molecule has 0 aliphatic rings. The van der Waals surface area contributed by atoms with Crippen LogP contribution < -0.4 is 11.1 Å². The first-order valence-corrected chi connectivity index (χ1v) is 6.88. The van der Waals surface area contributed by atoms with E-state index in [1.54, 1.807) is 11.4 Å². The largest absolute Gasteiger partial charge is 0.423 e. The molecule has 0 bridgehead atoms. The van der Waals surface area contributed by atoms with E-state index in [9.17, 15) is 4.79 Å². The highest BCUT2D eigenvalue weighted by molar-refractivity contribution is 7.14. The number of nitrogens with one attached hydrogen (secondary N) is 1. The predicted octanol–water partition coefficient (Wildman–Crippen LogP) is 3.09. The monoisotopic (exact) mass is 308 g/mol. The van der Waals surface area contributed by atoms with E-state index in [0.717, 1.165) is 5.56 Å². The van der Waals surface area contributed by atoms with E-state index in [1.165, 1.54) is 11.3 Å². The quantitative estimate of drug-likeness (QED) is 0.775. The number of fused-ring (bicyclic) bond motifs is 1. The topological polar surface area (TPSA) is 94.0 Å². The minimum Gasteiger partial charge on any atom is -0.423 e. The number of anilines is 2. The van der Waals surface area contributed by atoms with Gasteiger partial charge in [-0.3, -0.25) is 10.1 Å². The van der Waals surface area contributed by atoms with Gasteiger partial charge in [0.1, 0.15) is 11.2 Å². The van der Waals surface area contributed by atoms with Crippen molar-refractivity contribution < 1.29 is 9.21 Å². The Morgan fingerprint density at radius 3 is 2.95 bits per heavy atom.